The van der Waals surface area contributed by atoms with Crippen LogP contribution in [0.1, 0.15) is 18.1 Å². The van der Waals surface area contributed by atoms with Crippen LogP contribution in [0, 0.1) is 0 Å². The Kier molecular flexibility index (Phi) is 5.02. The van der Waals surface area contributed by atoms with Gasteiger partial charge in [-0.1, -0.05) is 24.3 Å². The summed E-state index contributed by atoms with van der Waals surface area (Å²) in [5.41, 5.74) is 3.42. The number of aliphatic hydroxyl groups is 1. The molecular weight excluding hydrogens is 250 g/mol. The Labute approximate surface area is 119 Å². The van der Waals surface area contributed by atoms with E-state index in [9.17, 15) is 5.11 Å². The third-order valence-corrected chi connectivity index (χ3v) is 3.25. The summed E-state index contributed by atoms with van der Waals surface area (Å²) in [5, 5.41) is 21.6. The van der Waals surface area contributed by atoms with Crippen molar-refractivity contribution >= 4 is 5.69 Å². The van der Waals surface area contributed by atoms with Gasteiger partial charge in [0.2, 0.25) is 0 Å². The summed E-state index contributed by atoms with van der Waals surface area (Å²) in [6.45, 7) is 2.32. The van der Waals surface area contributed by atoms with Crippen LogP contribution in [0.3, 0.4) is 0 Å². The summed E-state index contributed by atoms with van der Waals surface area (Å²) < 4.78 is 0. The maximum absolute atomic E-state index is 9.26. The van der Waals surface area contributed by atoms with E-state index in [2.05, 4.69) is 12.2 Å². The molecule has 2 rings (SSSR count). The van der Waals surface area contributed by atoms with Crippen molar-refractivity contribution in [2.45, 2.75) is 25.8 Å². The molecule has 0 fully saturated rings. The fourth-order valence-electron chi connectivity index (χ4n) is 2.22. The molecule has 20 heavy (non-hydrogen) atoms. The molecule has 106 valence electrons. The highest BCUT2D eigenvalue weighted by molar-refractivity contribution is 5.45. The van der Waals surface area contributed by atoms with Crippen LogP contribution < -0.4 is 5.32 Å². The van der Waals surface area contributed by atoms with E-state index in [-0.39, 0.29) is 6.61 Å². The van der Waals surface area contributed by atoms with Crippen LogP contribution >= 0.6 is 0 Å². The van der Waals surface area contributed by atoms with Gasteiger partial charge in [0.1, 0.15) is 5.75 Å². The van der Waals surface area contributed by atoms with Crippen molar-refractivity contribution in [1.29, 1.82) is 0 Å². The van der Waals surface area contributed by atoms with Crippen molar-refractivity contribution in [1.82, 2.24) is 0 Å². The minimum absolute atomic E-state index is 0.185. The molecule has 3 nitrogen and oxygen atoms in total. The highest BCUT2D eigenvalue weighted by Crippen LogP contribution is 2.15. The van der Waals surface area contributed by atoms with Gasteiger partial charge in [0.15, 0.2) is 0 Å². The van der Waals surface area contributed by atoms with Crippen LogP contribution in [0.15, 0.2) is 48.5 Å². The molecule has 2 aromatic carbocycles. The molecule has 0 radical (unpaired) electrons. The standard InChI is InChI=1S/C17H21NO2/c1-13(12-15-4-8-17(20)9-5-15)18-16-6-2-14(3-7-16)10-11-19/h2-9,13,18-20H,10-12H2,1H3. The molecule has 3 N–H and O–H groups in total. The zero-order valence-electron chi connectivity index (χ0n) is 11.7. The van der Waals surface area contributed by atoms with Gasteiger partial charge < -0.3 is 15.5 Å². The van der Waals surface area contributed by atoms with Crippen LogP contribution in [-0.2, 0) is 12.8 Å². The van der Waals surface area contributed by atoms with Gasteiger partial charge in [-0.3, -0.25) is 0 Å². The summed E-state index contributed by atoms with van der Waals surface area (Å²) in [5.74, 6) is 0.300. The number of rotatable bonds is 6. The lowest BCUT2D eigenvalue weighted by Crippen LogP contribution is -2.17. The number of nitrogens with one attached hydrogen (secondary N) is 1. The highest BCUT2D eigenvalue weighted by atomic mass is 16.3. The third kappa shape index (κ3) is 4.28. The third-order valence-electron chi connectivity index (χ3n) is 3.25. The Morgan fingerprint density at radius 2 is 1.55 bits per heavy atom. The van der Waals surface area contributed by atoms with Gasteiger partial charge >= 0.3 is 0 Å². The minimum Gasteiger partial charge on any atom is -0.508 e. The van der Waals surface area contributed by atoms with E-state index in [0.717, 1.165) is 17.7 Å². The summed E-state index contributed by atoms with van der Waals surface area (Å²) in [7, 11) is 0. The number of benzene rings is 2. The summed E-state index contributed by atoms with van der Waals surface area (Å²) in [6.07, 6.45) is 1.60. The zero-order chi connectivity index (χ0) is 14.4. The molecule has 0 amide bonds. The van der Waals surface area contributed by atoms with Crippen molar-refractivity contribution in [2.75, 3.05) is 11.9 Å². The second-order valence-electron chi connectivity index (χ2n) is 5.09. The van der Waals surface area contributed by atoms with Crippen LogP contribution in [0.4, 0.5) is 5.69 Å². The molecule has 1 atom stereocenters. The van der Waals surface area contributed by atoms with Crippen molar-refractivity contribution in [3.8, 4) is 5.75 Å². The quantitative estimate of drug-likeness (QED) is 0.757. The van der Waals surface area contributed by atoms with Crippen LogP contribution in [0.2, 0.25) is 0 Å². The predicted octanol–water partition coefficient (Wildman–Crippen LogP) is 2.97. The van der Waals surface area contributed by atoms with Gasteiger partial charge in [0, 0.05) is 18.3 Å². The van der Waals surface area contributed by atoms with Crippen molar-refractivity contribution in [3.05, 3.63) is 59.7 Å². The Morgan fingerprint density at radius 3 is 2.15 bits per heavy atom. The second kappa shape index (κ2) is 6.96. The Hall–Kier alpha value is -2.00. The second-order valence-corrected chi connectivity index (χ2v) is 5.09. The van der Waals surface area contributed by atoms with Crippen molar-refractivity contribution < 1.29 is 10.2 Å². The van der Waals surface area contributed by atoms with Gasteiger partial charge in [-0.15, -0.1) is 0 Å². The fraction of sp³-hybridized carbons (Fsp3) is 0.294. The van der Waals surface area contributed by atoms with Crippen LogP contribution in [0.5, 0.6) is 5.75 Å². The van der Waals surface area contributed by atoms with E-state index >= 15 is 0 Å². The molecule has 0 saturated heterocycles. The first-order valence-electron chi connectivity index (χ1n) is 6.91. The highest BCUT2D eigenvalue weighted by Gasteiger charge is 2.04. The van der Waals surface area contributed by atoms with Gasteiger partial charge in [0.05, 0.1) is 0 Å². The van der Waals surface area contributed by atoms with E-state index in [1.54, 1.807) is 12.1 Å². The molecule has 0 heterocycles. The van der Waals surface area contributed by atoms with Crippen molar-refractivity contribution in [3.63, 3.8) is 0 Å². The fourth-order valence-corrected chi connectivity index (χ4v) is 2.22. The first-order chi connectivity index (χ1) is 9.67. The van der Waals surface area contributed by atoms with Gasteiger partial charge in [-0.05, 0) is 55.2 Å². The number of hydrogen-bond acceptors (Lipinski definition) is 3. The van der Waals surface area contributed by atoms with Crippen LogP contribution in [0.25, 0.3) is 0 Å². The Balaban J connectivity index is 1.90. The lowest BCUT2D eigenvalue weighted by atomic mass is 10.1. The zero-order valence-corrected chi connectivity index (χ0v) is 11.7. The molecule has 2 aromatic rings. The maximum Gasteiger partial charge on any atom is 0.115 e. The number of aromatic hydroxyl groups is 1. The molecule has 0 bridgehead atoms. The molecule has 0 aromatic heterocycles. The van der Waals surface area contributed by atoms with E-state index in [4.69, 9.17) is 5.11 Å². The lowest BCUT2D eigenvalue weighted by Gasteiger charge is -2.15. The molecule has 0 aliphatic heterocycles. The average Bonchev–Trinajstić information content (AvgIpc) is 2.44. The largest absolute Gasteiger partial charge is 0.508 e. The maximum atomic E-state index is 9.26. The summed E-state index contributed by atoms with van der Waals surface area (Å²) in [6, 6.07) is 15.8. The summed E-state index contributed by atoms with van der Waals surface area (Å²) >= 11 is 0. The number of anilines is 1. The number of phenolic OH excluding ortho intramolecular Hbond substituents is 1. The van der Waals surface area contributed by atoms with Crippen LogP contribution in [-0.4, -0.2) is 22.9 Å². The number of aliphatic hydroxyl groups excluding tert-OH is 1. The Bertz CT molecular complexity index is 520. The first-order valence-corrected chi connectivity index (χ1v) is 6.91. The molecular formula is C17H21NO2. The summed E-state index contributed by atoms with van der Waals surface area (Å²) in [4.78, 5) is 0. The smallest absolute Gasteiger partial charge is 0.115 e. The molecule has 3 heteroatoms. The van der Waals surface area contributed by atoms with E-state index in [0.29, 0.717) is 18.2 Å². The molecule has 1 unspecified atom stereocenters. The molecule has 0 aliphatic rings. The monoisotopic (exact) mass is 271 g/mol. The number of phenols is 1. The van der Waals surface area contributed by atoms with Crippen molar-refractivity contribution in [2.24, 2.45) is 0 Å². The van der Waals surface area contributed by atoms with Gasteiger partial charge in [-0.25, -0.2) is 0 Å². The SMILES string of the molecule is CC(Cc1ccc(O)cc1)Nc1ccc(CCO)cc1. The van der Waals surface area contributed by atoms with E-state index < -0.39 is 0 Å². The molecule has 0 spiro atoms. The van der Waals surface area contributed by atoms with Gasteiger partial charge in [0.25, 0.3) is 0 Å². The van der Waals surface area contributed by atoms with E-state index in [1.807, 2.05) is 36.4 Å². The Morgan fingerprint density at radius 1 is 0.950 bits per heavy atom. The predicted molar refractivity (Wildman–Crippen MR) is 82.1 cm³/mol. The normalized spacial score (nSPS) is 12.1. The average molecular weight is 271 g/mol. The lowest BCUT2D eigenvalue weighted by molar-refractivity contribution is 0.299. The van der Waals surface area contributed by atoms with E-state index in [1.165, 1.54) is 5.56 Å². The first kappa shape index (κ1) is 14.4. The van der Waals surface area contributed by atoms with Gasteiger partial charge in [-0.2, -0.15) is 0 Å². The topological polar surface area (TPSA) is 52.5 Å². The minimum atomic E-state index is 0.185. The molecule has 0 aliphatic carbocycles. The molecule has 0 saturated carbocycles. The number of hydrogen-bond donors (Lipinski definition) is 3.